The van der Waals surface area contributed by atoms with Gasteiger partial charge in [0.15, 0.2) is 0 Å². The van der Waals surface area contributed by atoms with Gasteiger partial charge in [0.05, 0.1) is 11.1 Å². The molecule has 4 nitrogen and oxygen atoms in total. The van der Waals surface area contributed by atoms with Crippen LogP contribution in [0.2, 0.25) is 0 Å². The van der Waals surface area contributed by atoms with Gasteiger partial charge in [0.25, 0.3) is 0 Å². The fourth-order valence-electron chi connectivity index (χ4n) is 2.33. The highest BCUT2D eigenvalue weighted by atomic mass is 32.1. The predicted octanol–water partition coefficient (Wildman–Crippen LogP) is 2.12. The lowest BCUT2D eigenvalue weighted by Gasteiger charge is -2.32. The lowest BCUT2D eigenvalue weighted by molar-refractivity contribution is -0.123. The maximum atomic E-state index is 12.3. The fourth-order valence-corrected chi connectivity index (χ4v) is 3.04. The maximum Gasteiger partial charge on any atom is 0.230 e. The normalized spacial score (nSPS) is 27.5. The first-order valence-corrected chi connectivity index (χ1v) is 6.95. The van der Waals surface area contributed by atoms with Crippen molar-refractivity contribution in [2.75, 3.05) is 11.9 Å². The van der Waals surface area contributed by atoms with Crippen LogP contribution in [0, 0.1) is 17.2 Å². The van der Waals surface area contributed by atoms with Crippen LogP contribution in [0.4, 0.5) is 5.00 Å². The van der Waals surface area contributed by atoms with E-state index in [-0.39, 0.29) is 11.8 Å². The third kappa shape index (κ3) is 2.55. The predicted molar refractivity (Wildman–Crippen MR) is 72.2 cm³/mol. The highest BCUT2D eigenvalue weighted by Crippen LogP contribution is 2.32. The highest BCUT2D eigenvalue weighted by Gasteiger charge is 2.35. The van der Waals surface area contributed by atoms with Crippen molar-refractivity contribution in [1.82, 2.24) is 0 Å². The molecule has 1 aliphatic carbocycles. The summed E-state index contributed by atoms with van der Waals surface area (Å²) in [6.45, 7) is 0. The first-order valence-electron chi connectivity index (χ1n) is 6.07. The van der Waals surface area contributed by atoms with Crippen molar-refractivity contribution in [1.29, 1.82) is 5.26 Å². The number of carbonyl (C=O) groups is 1. The zero-order valence-corrected chi connectivity index (χ0v) is 11.2. The molecule has 1 heterocycles. The number of nitrogens with zero attached hydrogens (tertiary/aromatic N) is 2. The van der Waals surface area contributed by atoms with E-state index in [2.05, 4.69) is 6.07 Å². The number of hydrogen-bond acceptors (Lipinski definition) is 4. The Morgan fingerprint density at radius 1 is 1.61 bits per heavy atom. The molecule has 0 spiro atoms. The Bertz CT molecular complexity index is 455. The number of carbonyl (C=O) groups excluding carboxylic acids is 1. The average molecular weight is 263 g/mol. The minimum atomic E-state index is -0.724. The van der Waals surface area contributed by atoms with E-state index in [1.165, 1.54) is 0 Å². The number of rotatable bonds is 2. The third-order valence-corrected chi connectivity index (χ3v) is 4.56. The second-order valence-electron chi connectivity index (χ2n) is 4.89. The molecule has 18 heavy (non-hydrogen) atoms. The number of nitrogens with two attached hydrogens (primary N) is 1. The summed E-state index contributed by atoms with van der Waals surface area (Å²) in [6, 6.07) is 6.03. The molecule has 1 aliphatic rings. The van der Waals surface area contributed by atoms with E-state index in [9.17, 15) is 4.79 Å². The Morgan fingerprint density at radius 3 is 2.78 bits per heavy atom. The standard InChI is InChI=1S/C13H17N3OS/c1-16(11-3-2-8-18-11)12(17)10-4-6-13(15,9-14)7-5-10/h2-3,8,10H,4-7,15H2,1H3. The molecule has 2 rings (SSSR count). The number of nitriles is 1. The van der Waals surface area contributed by atoms with E-state index in [0.717, 1.165) is 5.00 Å². The molecule has 0 aliphatic heterocycles. The topological polar surface area (TPSA) is 70.1 Å². The number of hydrogen-bond donors (Lipinski definition) is 1. The van der Waals surface area contributed by atoms with Crippen molar-refractivity contribution in [3.05, 3.63) is 17.5 Å². The zero-order chi connectivity index (χ0) is 13.2. The number of amides is 1. The van der Waals surface area contributed by atoms with Gasteiger partial charge >= 0.3 is 0 Å². The van der Waals surface area contributed by atoms with E-state index in [4.69, 9.17) is 11.0 Å². The van der Waals surface area contributed by atoms with Gasteiger partial charge in [-0.2, -0.15) is 5.26 Å². The molecule has 1 fully saturated rings. The Morgan fingerprint density at radius 2 is 2.28 bits per heavy atom. The molecular formula is C13H17N3OS. The average Bonchev–Trinajstić information content (AvgIpc) is 2.92. The zero-order valence-electron chi connectivity index (χ0n) is 10.4. The minimum absolute atomic E-state index is 0.00197. The molecule has 0 aromatic carbocycles. The summed E-state index contributed by atoms with van der Waals surface area (Å²) < 4.78 is 0. The molecule has 0 bridgehead atoms. The fraction of sp³-hybridized carbons (Fsp3) is 0.538. The van der Waals surface area contributed by atoms with Crippen LogP contribution in [-0.4, -0.2) is 18.5 Å². The van der Waals surface area contributed by atoms with Crippen LogP contribution in [0.3, 0.4) is 0 Å². The lowest BCUT2D eigenvalue weighted by atomic mass is 9.77. The van der Waals surface area contributed by atoms with Crippen molar-refractivity contribution in [2.24, 2.45) is 11.7 Å². The van der Waals surface area contributed by atoms with Crippen LogP contribution in [-0.2, 0) is 4.79 Å². The molecule has 1 aromatic heterocycles. The maximum absolute atomic E-state index is 12.3. The van der Waals surface area contributed by atoms with Gasteiger partial charge in [0.2, 0.25) is 5.91 Å². The first-order chi connectivity index (χ1) is 8.56. The van der Waals surface area contributed by atoms with Crippen molar-refractivity contribution < 1.29 is 4.79 Å². The molecule has 1 saturated carbocycles. The number of thiophene rings is 1. The molecule has 5 heteroatoms. The van der Waals surface area contributed by atoms with E-state index in [0.29, 0.717) is 25.7 Å². The van der Waals surface area contributed by atoms with Crippen LogP contribution < -0.4 is 10.6 Å². The molecule has 0 atom stereocenters. The van der Waals surface area contributed by atoms with E-state index >= 15 is 0 Å². The van der Waals surface area contributed by atoms with Gasteiger partial charge in [-0.1, -0.05) is 0 Å². The largest absolute Gasteiger partial charge is 0.313 e. The summed E-state index contributed by atoms with van der Waals surface area (Å²) in [4.78, 5) is 14.0. The van der Waals surface area contributed by atoms with Gasteiger partial charge in [-0.3, -0.25) is 4.79 Å². The van der Waals surface area contributed by atoms with Crippen molar-refractivity contribution in [2.45, 2.75) is 31.2 Å². The molecule has 96 valence electrons. The smallest absolute Gasteiger partial charge is 0.230 e. The summed E-state index contributed by atoms with van der Waals surface area (Å²) in [7, 11) is 1.81. The van der Waals surface area contributed by atoms with E-state index in [1.54, 1.807) is 16.2 Å². The van der Waals surface area contributed by atoms with Gasteiger partial charge in [-0.05, 0) is 43.2 Å². The van der Waals surface area contributed by atoms with Crippen LogP contribution in [0.15, 0.2) is 17.5 Å². The molecule has 2 N–H and O–H groups in total. The van der Waals surface area contributed by atoms with Gasteiger partial charge < -0.3 is 10.6 Å². The Hall–Kier alpha value is -1.38. The van der Waals surface area contributed by atoms with Gasteiger partial charge in [-0.25, -0.2) is 0 Å². The van der Waals surface area contributed by atoms with Gasteiger partial charge in [-0.15, -0.1) is 11.3 Å². The van der Waals surface area contributed by atoms with Crippen molar-refractivity contribution in [3.8, 4) is 6.07 Å². The lowest BCUT2D eigenvalue weighted by Crippen LogP contribution is -2.45. The Labute approximate surface area is 111 Å². The Balaban J connectivity index is 1.98. The second kappa shape index (κ2) is 5.09. The van der Waals surface area contributed by atoms with Crippen molar-refractivity contribution >= 4 is 22.2 Å². The molecular weight excluding hydrogens is 246 g/mol. The Kier molecular flexibility index (Phi) is 3.69. The van der Waals surface area contributed by atoms with E-state index < -0.39 is 5.54 Å². The summed E-state index contributed by atoms with van der Waals surface area (Å²) in [6.07, 6.45) is 2.63. The van der Waals surface area contributed by atoms with Crippen LogP contribution in [0.25, 0.3) is 0 Å². The summed E-state index contributed by atoms with van der Waals surface area (Å²) in [5, 5.41) is 11.9. The summed E-state index contributed by atoms with van der Waals surface area (Å²) in [5.74, 6) is 0.138. The SMILES string of the molecule is CN(C(=O)C1CCC(N)(C#N)CC1)c1cccs1. The minimum Gasteiger partial charge on any atom is -0.313 e. The molecule has 1 aromatic rings. The first kappa shape index (κ1) is 13.1. The van der Waals surface area contributed by atoms with Crippen LogP contribution in [0.5, 0.6) is 0 Å². The second-order valence-corrected chi connectivity index (χ2v) is 5.82. The van der Waals surface area contributed by atoms with Gasteiger partial charge in [0, 0.05) is 13.0 Å². The summed E-state index contributed by atoms with van der Waals surface area (Å²) >= 11 is 1.56. The number of anilines is 1. The highest BCUT2D eigenvalue weighted by molar-refractivity contribution is 7.14. The summed E-state index contributed by atoms with van der Waals surface area (Å²) in [5.41, 5.74) is 5.18. The third-order valence-electron chi connectivity index (χ3n) is 3.62. The molecule has 0 saturated heterocycles. The monoisotopic (exact) mass is 263 g/mol. The van der Waals surface area contributed by atoms with Gasteiger partial charge in [0.1, 0.15) is 5.54 Å². The van der Waals surface area contributed by atoms with E-state index in [1.807, 2.05) is 24.6 Å². The molecule has 0 radical (unpaired) electrons. The van der Waals surface area contributed by atoms with Crippen LogP contribution >= 0.6 is 11.3 Å². The van der Waals surface area contributed by atoms with Crippen molar-refractivity contribution in [3.63, 3.8) is 0 Å². The quantitative estimate of drug-likeness (QED) is 0.888. The molecule has 0 unspecified atom stereocenters. The van der Waals surface area contributed by atoms with Crippen LogP contribution in [0.1, 0.15) is 25.7 Å². The molecule has 1 amide bonds.